The topological polar surface area (TPSA) is 87.7 Å². The van der Waals surface area contributed by atoms with Crippen LogP contribution < -0.4 is 11.1 Å². The average Bonchev–Trinajstić information content (AvgIpc) is 2.35. The second-order valence-electron chi connectivity index (χ2n) is 4.27. The molecule has 1 heterocycles. The Morgan fingerprint density at radius 2 is 2.00 bits per heavy atom. The number of benzene rings is 1. The monoisotopic (exact) mass is 238 g/mol. The minimum atomic E-state index is -1.16. The summed E-state index contributed by atoms with van der Waals surface area (Å²) in [6, 6.07) is 9.14. The molecule has 2 rings (SSSR count). The summed E-state index contributed by atoms with van der Waals surface area (Å²) >= 11 is 0. The van der Waals surface area contributed by atoms with Crippen molar-refractivity contribution in [2.45, 2.75) is 31.0 Å². The molecule has 0 amide bonds. The highest BCUT2D eigenvalue weighted by molar-refractivity contribution is 5.14. The van der Waals surface area contributed by atoms with E-state index >= 15 is 0 Å². The number of aliphatic hydroxyl groups is 2. The number of ether oxygens (including phenoxy) is 1. The molecule has 0 spiro atoms. The van der Waals surface area contributed by atoms with Gasteiger partial charge in [-0.05, 0) is 5.56 Å². The normalized spacial score (nSPS) is 33.6. The van der Waals surface area contributed by atoms with Crippen molar-refractivity contribution in [2.75, 3.05) is 6.61 Å². The van der Waals surface area contributed by atoms with Crippen molar-refractivity contribution in [3.05, 3.63) is 35.9 Å². The Kier molecular flexibility index (Phi) is 4.09. The molecule has 1 saturated heterocycles. The molecule has 0 saturated carbocycles. The number of nitrogens with one attached hydrogen (secondary N) is 1. The highest BCUT2D eigenvalue weighted by Gasteiger charge is 2.36. The number of aliphatic hydroxyl groups excluding tert-OH is 2. The van der Waals surface area contributed by atoms with Gasteiger partial charge in [-0.3, -0.25) is 0 Å². The van der Waals surface area contributed by atoms with Crippen molar-refractivity contribution in [1.82, 2.24) is 5.32 Å². The lowest BCUT2D eigenvalue weighted by atomic mass is 10.00. The molecule has 0 radical (unpaired) electrons. The quantitative estimate of drug-likeness (QED) is 0.553. The molecule has 0 unspecified atom stereocenters. The Morgan fingerprint density at radius 1 is 1.29 bits per heavy atom. The standard InChI is InChI=1S/C12H18N2O3/c13-9-7-17-12(16)11(15)10(9)14-6-8-4-2-1-3-5-8/h1-5,9-12,14-16H,6-7,13H2/t9-,10+,11-,12-/m0/s1. The molecule has 1 aliphatic rings. The molecule has 1 fully saturated rings. The first kappa shape index (κ1) is 12.5. The first-order chi connectivity index (χ1) is 8.18. The van der Waals surface area contributed by atoms with Crippen molar-refractivity contribution >= 4 is 0 Å². The second kappa shape index (κ2) is 5.57. The van der Waals surface area contributed by atoms with E-state index in [1.807, 2.05) is 30.3 Å². The molecule has 1 aromatic rings. The van der Waals surface area contributed by atoms with Gasteiger partial charge in [0.2, 0.25) is 0 Å². The Hall–Kier alpha value is -0.980. The van der Waals surface area contributed by atoms with Crippen molar-refractivity contribution in [2.24, 2.45) is 5.73 Å². The van der Waals surface area contributed by atoms with Crippen LogP contribution in [0.1, 0.15) is 5.56 Å². The van der Waals surface area contributed by atoms with Crippen LogP contribution in [-0.4, -0.2) is 41.3 Å². The molecular weight excluding hydrogens is 220 g/mol. The predicted octanol–water partition coefficient (Wildman–Crippen LogP) is -0.818. The largest absolute Gasteiger partial charge is 0.386 e. The van der Waals surface area contributed by atoms with Crippen molar-refractivity contribution in [3.8, 4) is 0 Å². The molecule has 0 bridgehead atoms. The van der Waals surface area contributed by atoms with Crippen LogP contribution in [0.15, 0.2) is 30.3 Å². The summed E-state index contributed by atoms with van der Waals surface area (Å²) in [6.07, 6.45) is -2.16. The molecule has 4 atom stereocenters. The zero-order valence-electron chi connectivity index (χ0n) is 9.49. The summed E-state index contributed by atoms with van der Waals surface area (Å²) in [7, 11) is 0. The van der Waals surface area contributed by atoms with Crippen LogP contribution in [0.25, 0.3) is 0 Å². The van der Waals surface area contributed by atoms with E-state index in [-0.39, 0.29) is 18.7 Å². The van der Waals surface area contributed by atoms with Crippen molar-refractivity contribution in [1.29, 1.82) is 0 Å². The minimum Gasteiger partial charge on any atom is -0.386 e. The fourth-order valence-corrected chi connectivity index (χ4v) is 1.95. The highest BCUT2D eigenvalue weighted by atomic mass is 16.6. The van der Waals surface area contributed by atoms with Crippen molar-refractivity contribution in [3.63, 3.8) is 0 Å². The molecule has 5 nitrogen and oxygen atoms in total. The minimum absolute atomic E-state index is 0.241. The maximum atomic E-state index is 9.77. The maximum absolute atomic E-state index is 9.77. The van der Waals surface area contributed by atoms with Gasteiger partial charge >= 0.3 is 0 Å². The van der Waals surface area contributed by atoms with Crippen LogP contribution in [0.2, 0.25) is 0 Å². The van der Waals surface area contributed by atoms with Gasteiger partial charge in [0.1, 0.15) is 6.10 Å². The van der Waals surface area contributed by atoms with E-state index in [1.165, 1.54) is 0 Å². The molecule has 17 heavy (non-hydrogen) atoms. The summed E-state index contributed by atoms with van der Waals surface area (Å²) in [5, 5.41) is 22.3. The first-order valence-electron chi connectivity index (χ1n) is 5.69. The van der Waals surface area contributed by atoms with Gasteiger partial charge in [0.05, 0.1) is 12.6 Å². The van der Waals surface area contributed by atoms with E-state index in [0.717, 1.165) is 5.56 Å². The van der Waals surface area contributed by atoms with Gasteiger partial charge in [0, 0.05) is 12.6 Å². The van der Waals surface area contributed by atoms with E-state index in [4.69, 9.17) is 10.5 Å². The third-order valence-corrected chi connectivity index (χ3v) is 2.97. The Bertz CT molecular complexity index is 347. The summed E-state index contributed by atoms with van der Waals surface area (Å²) in [5.74, 6) is 0. The second-order valence-corrected chi connectivity index (χ2v) is 4.27. The van der Waals surface area contributed by atoms with Crippen molar-refractivity contribution < 1.29 is 14.9 Å². The molecular formula is C12H18N2O3. The number of hydrogen-bond acceptors (Lipinski definition) is 5. The van der Waals surface area contributed by atoms with Crippen LogP contribution in [-0.2, 0) is 11.3 Å². The summed E-state index contributed by atoms with van der Waals surface area (Å²) in [6.45, 7) is 0.841. The summed E-state index contributed by atoms with van der Waals surface area (Å²) < 4.78 is 4.93. The van der Waals surface area contributed by atoms with E-state index in [1.54, 1.807) is 0 Å². The van der Waals surface area contributed by atoms with Gasteiger partial charge < -0.3 is 26.0 Å². The lowest BCUT2D eigenvalue weighted by molar-refractivity contribution is -0.200. The van der Waals surface area contributed by atoms with Crippen LogP contribution in [0.4, 0.5) is 0 Å². The lowest BCUT2D eigenvalue weighted by Crippen LogP contribution is -2.62. The van der Waals surface area contributed by atoms with Gasteiger partial charge in [0.25, 0.3) is 0 Å². The third kappa shape index (κ3) is 3.02. The molecule has 0 aliphatic carbocycles. The molecule has 94 valence electrons. The fraction of sp³-hybridized carbons (Fsp3) is 0.500. The molecule has 1 aromatic carbocycles. The summed E-state index contributed by atoms with van der Waals surface area (Å²) in [4.78, 5) is 0. The zero-order chi connectivity index (χ0) is 12.3. The SMILES string of the molecule is N[C@H]1CO[C@H](O)[C@@H](O)[C@@H]1NCc1ccccc1. The van der Waals surface area contributed by atoms with E-state index in [9.17, 15) is 10.2 Å². The van der Waals surface area contributed by atoms with Gasteiger partial charge in [0.15, 0.2) is 6.29 Å². The number of hydrogen-bond donors (Lipinski definition) is 4. The molecule has 5 heteroatoms. The Labute approximate surface area is 100 Å². The van der Waals surface area contributed by atoms with Crippen LogP contribution in [0, 0.1) is 0 Å². The molecule has 1 aliphatic heterocycles. The van der Waals surface area contributed by atoms with Gasteiger partial charge in [-0.2, -0.15) is 0 Å². The Morgan fingerprint density at radius 3 is 2.71 bits per heavy atom. The van der Waals surface area contributed by atoms with Gasteiger partial charge in [-0.25, -0.2) is 0 Å². The molecule has 0 aromatic heterocycles. The number of rotatable bonds is 3. The maximum Gasteiger partial charge on any atom is 0.182 e. The summed E-state index contributed by atoms with van der Waals surface area (Å²) in [5.41, 5.74) is 6.94. The van der Waals surface area contributed by atoms with Crippen LogP contribution in [0.3, 0.4) is 0 Å². The lowest BCUT2D eigenvalue weighted by Gasteiger charge is -2.36. The van der Waals surface area contributed by atoms with E-state index < -0.39 is 12.4 Å². The Balaban J connectivity index is 1.93. The highest BCUT2D eigenvalue weighted by Crippen LogP contribution is 2.13. The average molecular weight is 238 g/mol. The fourth-order valence-electron chi connectivity index (χ4n) is 1.95. The van der Waals surface area contributed by atoms with Crippen LogP contribution >= 0.6 is 0 Å². The first-order valence-corrected chi connectivity index (χ1v) is 5.69. The predicted molar refractivity (Wildman–Crippen MR) is 63.0 cm³/mol. The van der Waals surface area contributed by atoms with Gasteiger partial charge in [-0.15, -0.1) is 0 Å². The third-order valence-electron chi connectivity index (χ3n) is 2.97. The van der Waals surface area contributed by atoms with Crippen LogP contribution in [0.5, 0.6) is 0 Å². The van der Waals surface area contributed by atoms with E-state index in [0.29, 0.717) is 6.54 Å². The smallest absolute Gasteiger partial charge is 0.182 e. The van der Waals surface area contributed by atoms with E-state index in [2.05, 4.69) is 5.32 Å². The zero-order valence-corrected chi connectivity index (χ0v) is 9.49. The molecule has 5 N–H and O–H groups in total. The number of nitrogens with two attached hydrogens (primary N) is 1. The van der Waals surface area contributed by atoms with Gasteiger partial charge in [-0.1, -0.05) is 30.3 Å².